The fraction of sp³-hybridized carbons (Fsp3) is 0.133. The van der Waals surface area contributed by atoms with E-state index in [9.17, 15) is 9.90 Å². The SMILES string of the molecule is CC(=O)OCc1cccc(Oc2ccc(O)cc2)c1. The van der Waals surface area contributed by atoms with Gasteiger partial charge in [0.05, 0.1) is 0 Å². The van der Waals surface area contributed by atoms with E-state index in [4.69, 9.17) is 9.47 Å². The van der Waals surface area contributed by atoms with Gasteiger partial charge in [-0.25, -0.2) is 0 Å². The molecule has 4 nitrogen and oxygen atoms in total. The van der Waals surface area contributed by atoms with Crippen molar-refractivity contribution in [2.45, 2.75) is 13.5 Å². The summed E-state index contributed by atoms with van der Waals surface area (Å²) >= 11 is 0. The van der Waals surface area contributed by atoms with Gasteiger partial charge in [-0.15, -0.1) is 0 Å². The lowest BCUT2D eigenvalue weighted by Gasteiger charge is -2.08. The van der Waals surface area contributed by atoms with Crippen molar-refractivity contribution in [3.63, 3.8) is 0 Å². The van der Waals surface area contributed by atoms with E-state index < -0.39 is 0 Å². The van der Waals surface area contributed by atoms with Gasteiger partial charge in [0.25, 0.3) is 0 Å². The Morgan fingerprint density at radius 2 is 1.84 bits per heavy atom. The van der Waals surface area contributed by atoms with Gasteiger partial charge < -0.3 is 14.6 Å². The Balaban J connectivity index is 2.06. The summed E-state index contributed by atoms with van der Waals surface area (Å²) in [6.07, 6.45) is 0. The van der Waals surface area contributed by atoms with Gasteiger partial charge in [0.2, 0.25) is 0 Å². The van der Waals surface area contributed by atoms with E-state index in [0.717, 1.165) is 5.56 Å². The van der Waals surface area contributed by atoms with Gasteiger partial charge in [-0.05, 0) is 42.0 Å². The van der Waals surface area contributed by atoms with Gasteiger partial charge in [0, 0.05) is 6.92 Å². The molecule has 0 saturated carbocycles. The maximum Gasteiger partial charge on any atom is 0.302 e. The molecular weight excluding hydrogens is 244 g/mol. The minimum atomic E-state index is -0.315. The average molecular weight is 258 g/mol. The molecule has 98 valence electrons. The highest BCUT2D eigenvalue weighted by Crippen LogP contribution is 2.24. The van der Waals surface area contributed by atoms with Gasteiger partial charge >= 0.3 is 5.97 Å². The number of phenols is 1. The van der Waals surface area contributed by atoms with Crippen LogP contribution in [-0.2, 0) is 16.1 Å². The summed E-state index contributed by atoms with van der Waals surface area (Å²) in [6, 6.07) is 13.7. The number of esters is 1. The zero-order chi connectivity index (χ0) is 13.7. The molecule has 0 spiro atoms. The predicted octanol–water partition coefficient (Wildman–Crippen LogP) is 3.25. The van der Waals surface area contributed by atoms with Crippen LogP contribution in [0.25, 0.3) is 0 Å². The van der Waals surface area contributed by atoms with Gasteiger partial charge in [-0.3, -0.25) is 4.79 Å². The Morgan fingerprint density at radius 1 is 1.11 bits per heavy atom. The third kappa shape index (κ3) is 4.03. The zero-order valence-corrected chi connectivity index (χ0v) is 10.5. The summed E-state index contributed by atoms with van der Waals surface area (Å²) in [5.74, 6) is 1.15. The number of hydrogen-bond acceptors (Lipinski definition) is 4. The molecule has 2 aromatic rings. The van der Waals surface area contributed by atoms with Crippen molar-refractivity contribution >= 4 is 5.97 Å². The molecule has 0 saturated heterocycles. The molecule has 0 fully saturated rings. The van der Waals surface area contributed by atoms with Crippen LogP contribution in [0, 0.1) is 0 Å². The molecule has 19 heavy (non-hydrogen) atoms. The van der Waals surface area contributed by atoms with Crippen molar-refractivity contribution < 1.29 is 19.4 Å². The molecule has 0 radical (unpaired) electrons. The lowest BCUT2D eigenvalue weighted by atomic mass is 10.2. The van der Waals surface area contributed by atoms with Crippen molar-refractivity contribution in [1.29, 1.82) is 0 Å². The molecule has 0 aliphatic carbocycles. The van der Waals surface area contributed by atoms with E-state index in [1.165, 1.54) is 6.92 Å². The smallest absolute Gasteiger partial charge is 0.302 e. The van der Waals surface area contributed by atoms with Crippen molar-refractivity contribution in [2.75, 3.05) is 0 Å². The maximum absolute atomic E-state index is 10.7. The first-order valence-corrected chi connectivity index (χ1v) is 5.83. The first kappa shape index (κ1) is 13.0. The van der Waals surface area contributed by atoms with E-state index >= 15 is 0 Å². The number of phenolic OH excluding ortho intramolecular Hbond substituents is 1. The van der Waals surface area contributed by atoms with E-state index in [1.54, 1.807) is 30.3 Å². The largest absolute Gasteiger partial charge is 0.508 e. The molecule has 2 rings (SSSR count). The summed E-state index contributed by atoms with van der Waals surface area (Å²) in [4.78, 5) is 10.7. The topological polar surface area (TPSA) is 55.8 Å². The summed E-state index contributed by atoms with van der Waals surface area (Å²) < 4.78 is 10.6. The Kier molecular flexibility index (Phi) is 4.03. The second kappa shape index (κ2) is 5.91. The second-order valence-corrected chi connectivity index (χ2v) is 4.02. The van der Waals surface area contributed by atoms with Crippen molar-refractivity contribution in [3.05, 3.63) is 54.1 Å². The number of carbonyl (C=O) groups excluding carboxylic acids is 1. The van der Waals surface area contributed by atoms with Gasteiger partial charge in [0.1, 0.15) is 23.9 Å². The van der Waals surface area contributed by atoms with E-state index in [-0.39, 0.29) is 18.3 Å². The molecule has 0 unspecified atom stereocenters. The Bertz CT molecular complexity index is 561. The number of carbonyl (C=O) groups is 1. The summed E-state index contributed by atoms with van der Waals surface area (Å²) in [7, 11) is 0. The van der Waals surface area contributed by atoms with Crippen molar-refractivity contribution in [2.24, 2.45) is 0 Å². The monoisotopic (exact) mass is 258 g/mol. The summed E-state index contributed by atoms with van der Waals surface area (Å²) in [5, 5.41) is 9.18. The van der Waals surface area contributed by atoms with Crippen LogP contribution < -0.4 is 4.74 Å². The molecule has 0 atom stereocenters. The lowest BCUT2D eigenvalue weighted by Crippen LogP contribution is -1.98. The van der Waals surface area contributed by atoms with Crippen molar-refractivity contribution in [1.82, 2.24) is 0 Å². The Morgan fingerprint density at radius 3 is 2.53 bits per heavy atom. The summed E-state index contributed by atoms with van der Waals surface area (Å²) in [5.41, 5.74) is 0.853. The standard InChI is InChI=1S/C15H14O4/c1-11(16)18-10-12-3-2-4-15(9-12)19-14-7-5-13(17)6-8-14/h2-9,17H,10H2,1H3. The highest BCUT2D eigenvalue weighted by molar-refractivity contribution is 5.65. The maximum atomic E-state index is 10.7. The highest BCUT2D eigenvalue weighted by Gasteiger charge is 2.01. The van der Waals surface area contributed by atoms with Crippen LogP contribution in [0.15, 0.2) is 48.5 Å². The Labute approximate surface area is 111 Å². The van der Waals surface area contributed by atoms with Gasteiger partial charge in [-0.2, -0.15) is 0 Å². The van der Waals surface area contributed by atoms with Crippen LogP contribution in [0.5, 0.6) is 17.2 Å². The van der Waals surface area contributed by atoms with Crippen LogP contribution in [0.4, 0.5) is 0 Å². The third-order valence-corrected chi connectivity index (χ3v) is 2.41. The number of aromatic hydroxyl groups is 1. The molecule has 0 aliphatic rings. The molecular formula is C15H14O4. The quantitative estimate of drug-likeness (QED) is 0.855. The van der Waals surface area contributed by atoms with E-state index in [0.29, 0.717) is 11.5 Å². The Hall–Kier alpha value is -2.49. The van der Waals surface area contributed by atoms with Crippen LogP contribution in [0.2, 0.25) is 0 Å². The van der Waals surface area contributed by atoms with Crippen LogP contribution >= 0.6 is 0 Å². The predicted molar refractivity (Wildman–Crippen MR) is 70.1 cm³/mol. The highest BCUT2D eigenvalue weighted by atomic mass is 16.5. The molecule has 0 aliphatic heterocycles. The number of benzene rings is 2. The minimum absolute atomic E-state index is 0.191. The van der Waals surface area contributed by atoms with Crippen LogP contribution in [0.1, 0.15) is 12.5 Å². The third-order valence-electron chi connectivity index (χ3n) is 2.41. The second-order valence-electron chi connectivity index (χ2n) is 4.02. The average Bonchev–Trinajstić information content (AvgIpc) is 2.40. The lowest BCUT2D eigenvalue weighted by molar-refractivity contribution is -0.142. The first-order valence-electron chi connectivity index (χ1n) is 5.83. The van der Waals surface area contributed by atoms with Crippen LogP contribution in [-0.4, -0.2) is 11.1 Å². The molecule has 0 heterocycles. The first-order chi connectivity index (χ1) is 9.13. The molecule has 0 aromatic heterocycles. The molecule has 4 heteroatoms. The summed E-state index contributed by atoms with van der Waals surface area (Å²) in [6.45, 7) is 1.60. The number of rotatable bonds is 4. The van der Waals surface area contributed by atoms with E-state index in [1.807, 2.05) is 18.2 Å². The minimum Gasteiger partial charge on any atom is -0.508 e. The van der Waals surface area contributed by atoms with Gasteiger partial charge in [0.15, 0.2) is 0 Å². The molecule has 1 N–H and O–H groups in total. The zero-order valence-electron chi connectivity index (χ0n) is 10.5. The van der Waals surface area contributed by atoms with Crippen LogP contribution in [0.3, 0.4) is 0 Å². The number of ether oxygens (including phenoxy) is 2. The van der Waals surface area contributed by atoms with E-state index in [2.05, 4.69) is 0 Å². The van der Waals surface area contributed by atoms with Gasteiger partial charge in [-0.1, -0.05) is 12.1 Å². The molecule has 2 aromatic carbocycles. The molecule has 0 bridgehead atoms. The normalized spacial score (nSPS) is 9.95. The fourth-order valence-corrected chi connectivity index (χ4v) is 1.53. The molecule has 0 amide bonds. The number of hydrogen-bond donors (Lipinski definition) is 1. The fourth-order valence-electron chi connectivity index (χ4n) is 1.53. The van der Waals surface area contributed by atoms with Crippen molar-refractivity contribution in [3.8, 4) is 17.2 Å².